The van der Waals surface area contributed by atoms with Crippen LogP contribution in [-0.2, 0) is 7.05 Å². The smallest absolute Gasteiger partial charge is 0.308 e. The summed E-state index contributed by atoms with van der Waals surface area (Å²) in [5, 5.41) is 9.51. The lowest BCUT2D eigenvalue weighted by Gasteiger charge is -2.08. The van der Waals surface area contributed by atoms with Crippen LogP contribution in [0.25, 0.3) is 0 Å². The molecule has 2 rings (SSSR count). The number of nitrogens with zero attached hydrogens (tertiary/aromatic N) is 2. The lowest BCUT2D eigenvalue weighted by Crippen LogP contribution is -2.19. The molecule has 100 valence electrons. The Kier molecular flexibility index (Phi) is 3.85. The van der Waals surface area contributed by atoms with Gasteiger partial charge in [0.1, 0.15) is 0 Å². The zero-order valence-electron chi connectivity index (χ0n) is 11.3. The molecule has 2 aromatic rings. The number of amides is 2. The molecule has 1 aromatic heterocycles. The molecular weight excluding hydrogens is 240 g/mol. The molecule has 0 spiro atoms. The minimum absolute atomic E-state index is 0.295. The Balaban J connectivity index is 1.95. The number of rotatable bonds is 3. The van der Waals surface area contributed by atoms with Gasteiger partial charge in [0.15, 0.2) is 5.82 Å². The first-order valence-electron chi connectivity index (χ1n) is 6.22. The van der Waals surface area contributed by atoms with Crippen molar-refractivity contribution in [3.05, 3.63) is 42.1 Å². The summed E-state index contributed by atoms with van der Waals surface area (Å²) in [5.74, 6) is 1.01. The molecule has 19 heavy (non-hydrogen) atoms. The maximum absolute atomic E-state index is 11.7. The molecule has 0 aliphatic rings. The van der Waals surface area contributed by atoms with Crippen molar-refractivity contribution >= 4 is 17.5 Å². The summed E-state index contributed by atoms with van der Waals surface area (Å²) in [6.45, 7) is 4.27. The molecule has 0 saturated carbocycles. The molecule has 2 N–H and O–H groups in total. The zero-order valence-corrected chi connectivity index (χ0v) is 11.3. The number of aromatic nitrogens is 2. The molecule has 0 bridgehead atoms. The fraction of sp³-hybridized carbons (Fsp3) is 0.286. The number of urea groups is 1. The number of carbonyl (C=O) groups is 1. The quantitative estimate of drug-likeness (QED) is 0.888. The van der Waals surface area contributed by atoms with E-state index < -0.39 is 0 Å². The molecule has 1 aromatic carbocycles. The maximum atomic E-state index is 11.7. The lowest BCUT2D eigenvalue weighted by molar-refractivity contribution is 0.262. The van der Waals surface area contributed by atoms with Crippen LogP contribution >= 0.6 is 0 Å². The van der Waals surface area contributed by atoms with Crippen molar-refractivity contribution in [2.75, 3.05) is 10.6 Å². The average molecular weight is 258 g/mol. The number of hydrogen-bond acceptors (Lipinski definition) is 2. The Labute approximate surface area is 112 Å². The number of hydrogen-bond donors (Lipinski definition) is 2. The third-order valence-electron chi connectivity index (χ3n) is 2.79. The second kappa shape index (κ2) is 5.56. The van der Waals surface area contributed by atoms with E-state index in [-0.39, 0.29) is 6.03 Å². The third kappa shape index (κ3) is 3.58. The first kappa shape index (κ1) is 13.1. The van der Waals surface area contributed by atoms with Crippen LogP contribution in [0.4, 0.5) is 16.3 Å². The summed E-state index contributed by atoms with van der Waals surface area (Å²) in [6, 6.07) is 9.26. The molecular formula is C14H18N4O. The van der Waals surface area contributed by atoms with Crippen molar-refractivity contribution in [3.63, 3.8) is 0 Å². The zero-order chi connectivity index (χ0) is 13.8. The highest BCUT2D eigenvalue weighted by molar-refractivity contribution is 5.99. The highest BCUT2D eigenvalue weighted by Crippen LogP contribution is 2.17. The molecule has 5 heteroatoms. The molecule has 0 atom stereocenters. The van der Waals surface area contributed by atoms with Gasteiger partial charge in [-0.2, -0.15) is 5.10 Å². The Morgan fingerprint density at radius 3 is 2.37 bits per heavy atom. The van der Waals surface area contributed by atoms with Gasteiger partial charge in [-0.25, -0.2) is 4.79 Å². The molecule has 0 aliphatic carbocycles. The summed E-state index contributed by atoms with van der Waals surface area (Å²) >= 11 is 0. The van der Waals surface area contributed by atoms with E-state index >= 15 is 0 Å². The van der Waals surface area contributed by atoms with Gasteiger partial charge in [-0.15, -0.1) is 0 Å². The van der Waals surface area contributed by atoms with Gasteiger partial charge in [-0.3, -0.25) is 10.00 Å². The normalized spacial score (nSPS) is 10.5. The largest absolute Gasteiger partial charge is 0.324 e. The van der Waals surface area contributed by atoms with Gasteiger partial charge in [-0.1, -0.05) is 26.0 Å². The number of anilines is 2. The summed E-state index contributed by atoms with van der Waals surface area (Å²) in [4.78, 5) is 11.7. The van der Waals surface area contributed by atoms with Crippen LogP contribution in [0.2, 0.25) is 0 Å². The minimum Gasteiger partial charge on any atom is -0.308 e. The maximum Gasteiger partial charge on any atom is 0.324 e. The van der Waals surface area contributed by atoms with Crippen LogP contribution in [-0.4, -0.2) is 15.8 Å². The Morgan fingerprint density at radius 1 is 1.16 bits per heavy atom. The van der Waals surface area contributed by atoms with Gasteiger partial charge in [0, 0.05) is 25.0 Å². The second-order valence-electron chi connectivity index (χ2n) is 4.73. The lowest BCUT2D eigenvalue weighted by atomic mass is 10.0. The number of nitrogens with one attached hydrogen (secondary N) is 2. The van der Waals surface area contributed by atoms with Crippen molar-refractivity contribution < 1.29 is 4.79 Å². The number of benzene rings is 1. The minimum atomic E-state index is -0.295. The Bertz CT molecular complexity index is 557. The van der Waals surface area contributed by atoms with Gasteiger partial charge >= 0.3 is 6.03 Å². The van der Waals surface area contributed by atoms with Gasteiger partial charge in [0.25, 0.3) is 0 Å². The van der Waals surface area contributed by atoms with Crippen molar-refractivity contribution in [1.82, 2.24) is 9.78 Å². The van der Waals surface area contributed by atoms with E-state index in [4.69, 9.17) is 0 Å². The average Bonchev–Trinajstić information content (AvgIpc) is 2.75. The first-order valence-corrected chi connectivity index (χ1v) is 6.22. The van der Waals surface area contributed by atoms with Crippen molar-refractivity contribution in [1.29, 1.82) is 0 Å². The van der Waals surface area contributed by atoms with Gasteiger partial charge in [0.05, 0.1) is 0 Å². The Hall–Kier alpha value is -2.30. The number of carbonyl (C=O) groups excluding carboxylic acids is 1. The predicted octanol–water partition coefficient (Wildman–Crippen LogP) is 3.19. The first-order chi connectivity index (χ1) is 9.04. The monoisotopic (exact) mass is 258 g/mol. The van der Waals surface area contributed by atoms with E-state index in [1.807, 2.05) is 24.3 Å². The fourth-order valence-corrected chi connectivity index (χ4v) is 1.71. The molecule has 5 nitrogen and oxygen atoms in total. The van der Waals surface area contributed by atoms with E-state index in [1.54, 1.807) is 24.0 Å². The van der Waals surface area contributed by atoms with E-state index in [2.05, 4.69) is 29.6 Å². The van der Waals surface area contributed by atoms with Crippen LogP contribution in [0.1, 0.15) is 25.3 Å². The third-order valence-corrected chi connectivity index (χ3v) is 2.79. The summed E-state index contributed by atoms with van der Waals surface area (Å²) in [5.41, 5.74) is 2.01. The van der Waals surface area contributed by atoms with E-state index in [1.165, 1.54) is 5.56 Å². The van der Waals surface area contributed by atoms with Gasteiger partial charge in [0.2, 0.25) is 0 Å². The van der Waals surface area contributed by atoms with Crippen LogP contribution in [0.15, 0.2) is 36.5 Å². The fourth-order valence-electron chi connectivity index (χ4n) is 1.71. The van der Waals surface area contributed by atoms with Gasteiger partial charge < -0.3 is 5.32 Å². The van der Waals surface area contributed by atoms with E-state index in [0.29, 0.717) is 11.7 Å². The number of aryl methyl sites for hydroxylation is 1. The van der Waals surface area contributed by atoms with Crippen LogP contribution in [0.5, 0.6) is 0 Å². The molecule has 0 fully saturated rings. The summed E-state index contributed by atoms with van der Waals surface area (Å²) in [7, 11) is 1.80. The van der Waals surface area contributed by atoms with Crippen LogP contribution < -0.4 is 10.6 Å². The van der Waals surface area contributed by atoms with E-state index in [0.717, 1.165) is 5.69 Å². The molecule has 2 amide bonds. The van der Waals surface area contributed by atoms with Crippen LogP contribution in [0, 0.1) is 0 Å². The standard InChI is InChI=1S/C14H18N4O/c1-10(2)11-4-6-12(7-5-11)15-14(19)16-13-8-9-18(3)17-13/h4-10H,1-3H3,(H2,15,16,17,19). The van der Waals surface area contributed by atoms with Crippen molar-refractivity contribution in [2.45, 2.75) is 19.8 Å². The molecule has 0 radical (unpaired) electrons. The highest BCUT2D eigenvalue weighted by Gasteiger charge is 2.05. The predicted molar refractivity (Wildman–Crippen MR) is 76.4 cm³/mol. The molecule has 1 heterocycles. The molecule has 0 aliphatic heterocycles. The highest BCUT2D eigenvalue weighted by atomic mass is 16.2. The summed E-state index contributed by atoms with van der Waals surface area (Å²) in [6.07, 6.45) is 1.77. The van der Waals surface area contributed by atoms with E-state index in [9.17, 15) is 4.79 Å². The summed E-state index contributed by atoms with van der Waals surface area (Å²) < 4.78 is 1.63. The SMILES string of the molecule is CC(C)c1ccc(NC(=O)Nc2ccn(C)n2)cc1. The molecule has 0 unspecified atom stereocenters. The topological polar surface area (TPSA) is 59.0 Å². The second-order valence-corrected chi connectivity index (χ2v) is 4.73. The van der Waals surface area contributed by atoms with Crippen LogP contribution in [0.3, 0.4) is 0 Å². The Morgan fingerprint density at radius 2 is 1.84 bits per heavy atom. The molecule has 0 saturated heterocycles. The van der Waals surface area contributed by atoms with Gasteiger partial charge in [-0.05, 0) is 23.6 Å². The van der Waals surface area contributed by atoms with Crippen molar-refractivity contribution in [2.24, 2.45) is 7.05 Å². The van der Waals surface area contributed by atoms with Crippen molar-refractivity contribution in [3.8, 4) is 0 Å².